The number of hydrogen-bond acceptors (Lipinski definition) is 10. The van der Waals surface area contributed by atoms with Gasteiger partial charge in [-0.25, -0.2) is 8.78 Å². The lowest BCUT2D eigenvalue weighted by molar-refractivity contribution is -0.274. The number of amides is 2. The Hall–Kier alpha value is -4.38. The van der Waals surface area contributed by atoms with Crippen LogP contribution in [-0.2, 0) is 17.8 Å². The number of pyridine rings is 1. The molecule has 3 aromatic rings. The summed E-state index contributed by atoms with van der Waals surface area (Å²) in [6.07, 6.45) is -3.12. The number of hydrazine groups is 2. The molecule has 0 spiro atoms. The second kappa shape index (κ2) is 12.9. The molecule has 1 aromatic carbocycles. The molecule has 2 aromatic heterocycles. The topological polar surface area (TPSA) is 125 Å². The zero-order valence-corrected chi connectivity index (χ0v) is 22.1. The number of benzene rings is 1. The van der Waals surface area contributed by atoms with E-state index in [2.05, 4.69) is 36.1 Å². The van der Waals surface area contributed by atoms with Crippen molar-refractivity contribution >= 4 is 28.3 Å². The molecule has 1 aliphatic rings. The van der Waals surface area contributed by atoms with Gasteiger partial charge in [0.2, 0.25) is 5.13 Å². The Morgan fingerprint density at radius 2 is 1.98 bits per heavy atom. The van der Waals surface area contributed by atoms with Gasteiger partial charge in [-0.05, 0) is 36.8 Å². The maximum atomic E-state index is 14.7. The molecule has 0 fully saturated rings. The van der Waals surface area contributed by atoms with Crippen LogP contribution in [0.5, 0.6) is 5.75 Å². The van der Waals surface area contributed by atoms with Gasteiger partial charge in [0.1, 0.15) is 34.1 Å². The van der Waals surface area contributed by atoms with E-state index in [9.17, 15) is 31.5 Å². The first kappa shape index (κ1) is 29.6. The first-order valence-electron chi connectivity index (χ1n) is 12.0. The zero-order valence-electron chi connectivity index (χ0n) is 21.3. The predicted octanol–water partition coefficient (Wildman–Crippen LogP) is 3.32. The lowest BCUT2D eigenvalue weighted by Gasteiger charge is -2.21. The fourth-order valence-electron chi connectivity index (χ4n) is 3.61. The standard InChI is InChI=1S/C24H23F5N8O3S/c1-36-19(22(39)31-11-14-10-16(6-7-17(14)26)40-24(27,28)29)13-37(35-36)12-15(25)5-8-20-33-34-23(41-20)32-21(38)18-4-2-3-9-30-18/h2-4,6-7,9-10,13,15,35H,5,8,11-12H2,1H3,(H,31,39)(H,32,34,38). The van der Waals surface area contributed by atoms with E-state index in [0.29, 0.717) is 5.01 Å². The quantitative estimate of drug-likeness (QED) is 0.285. The number of aromatic nitrogens is 3. The van der Waals surface area contributed by atoms with E-state index < -0.39 is 42.5 Å². The summed E-state index contributed by atoms with van der Waals surface area (Å²) in [7, 11) is 1.50. The number of nitrogens with one attached hydrogen (secondary N) is 3. The van der Waals surface area contributed by atoms with Crippen LogP contribution < -0.4 is 20.9 Å². The summed E-state index contributed by atoms with van der Waals surface area (Å²) in [5.74, 6) is -2.57. The van der Waals surface area contributed by atoms with Crippen molar-refractivity contribution in [2.75, 3.05) is 18.9 Å². The fraction of sp³-hybridized carbons (Fsp3) is 0.292. The monoisotopic (exact) mass is 598 g/mol. The maximum Gasteiger partial charge on any atom is 0.573 e. The molecular weight excluding hydrogens is 575 g/mol. The minimum Gasteiger partial charge on any atom is -0.406 e. The molecule has 11 nitrogen and oxygen atoms in total. The third kappa shape index (κ3) is 8.55. The number of hydrogen-bond donors (Lipinski definition) is 3. The fourth-order valence-corrected chi connectivity index (χ4v) is 4.36. The van der Waals surface area contributed by atoms with Crippen molar-refractivity contribution in [1.29, 1.82) is 0 Å². The van der Waals surface area contributed by atoms with Gasteiger partial charge in [0.15, 0.2) is 0 Å². The van der Waals surface area contributed by atoms with Crippen molar-refractivity contribution in [1.82, 2.24) is 36.1 Å². The van der Waals surface area contributed by atoms with Crippen molar-refractivity contribution in [3.63, 3.8) is 0 Å². The molecule has 1 unspecified atom stereocenters. The third-order valence-corrected chi connectivity index (χ3v) is 6.39. The lowest BCUT2D eigenvalue weighted by Crippen LogP contribution is -2.42. The number of carbonyl (C=O) groups is 2. The Morgan fingerprint density at radius 1 is 1.17 bits per heavy atom. The summed E-state index contributed by atoms with van der Waals surface area (Å²) in [5.41, 5.74) is 2.84. The smallest absolute Gasteiger partial charge is 0.406 e. The summed E-state index contributed by atoms with van der Waals surface area (Å²) < 4.78 is 69.8. The molecule has 1 atom stereocenters. The molecule has 0 saturated heterocycles. The summed E-state index contributed by atoms with van der Waals surface area (Å²) in [4.78, 5) is 28.7. The molecule has 0 bridgehead atoms. The highest BCUT2D eigenvalue weighted by molar-refractivity contribution is 7.15. The average molecular weight is 599 g/mol. The van der Waals surface area contributed by atoms with Gasteiger partial charge in [-0.1, -0.05) is 17.4 Å². The Balaban J connectivity index is 1.24. The van der Waals surface area contributed by atoms with E-state index in [-0.39, 0.29) is 41.5 Å². The Morgan fingerprint density at radius 3 is 2.71 bits per heavy atom. The largest absolute Gasteiger partial charge is 0.573 e. The molecular formula is C24H23F5N8O3S. The molecule has 0 aliphatic carbocycles. The van der Waals surface area contributed by atoms with Crippen LogP contribution in [0.25, 0.3) is 0 Å². The number of nitrogens with zero attached hydrogens (tertiary/aromatic N) is 5. The number of aryl methyl sites for hydroxylation is 1. The third-order valence-electron chi connectivity index (χ3n) is 5.49. The molecule has 218 valence electrons. The molecule has 2 amide bonds. The summed E-state index contributed by atoms with van der Waals surface area (Å²) in [6, 6.07) is 7.36. The lowest BCUT2D eigenvalue weighted by atomic mass is 10.2. The van der Waals surface area contributed by atoms with E-state index in [4.69, 9.17) is 0 Å². The van der Waals surface area contributed by atoms with Crippen LogP contribution in [-0.4, -0.2) is 63.1 Å². The summed E-state index contributed by atoms with van der Waals surface area (Å²) in [5, 5.41) is 16.3. The number of alkyl halides is 4. The minimum absolute atomic E-state index is 0.0673. The van der Waals surface area contributed by atoms with E-state index in [0.717, 1.165) is 29.5 Å². The molecule has 4 rings (SSSR count). The van der Waals surface area contributed by atoms with Gasteiger partial charge >= 0.3 is 6.36 Å². The average Bonchev–Trinajstić information content (AvgIpc) is 3.52. The molecule has 3 heterocycles. The highest BCUT2D eigenvalue weighted by Crippen LogP contribution is 2.25. The Labute approximate surface area is 234 Å². The Kier molecular flexibility index (Phi) is 9.28. The van der Waals surface area contributed by atoms with E-state index in [1.54, 1.807) is 18.2 Å². The van der Waals surface area contributed by atoms with E-state index in [1.807, 2.05) is 0 Å². The highest BCUT2D eigenvalue weighted by Gasteiger charge is 2.31. The van der Waals surface area contributed by atoms with Crippen molar-refractivity contribution in [3.8, 4) is 5.75 Å². The maximum absolute atomic E-state index is 14.7. The Bertz CT molecular complexity index is 1410. The number of likely N-dealkylation sites (N-methyl/N-ethyl adjacent to an activating group) is 1. The van der Waals surface area contributed by atoms with Gasteiger partial charge < -0.3 is 10.1 Å². The van der Waals surface area contributed by atoms with Crippen molar-refractivity contribution in [2.45, 2.75) is 31.9 Å². The second-order valence-electron chi connectivity index (χ2n) is 8.62. The number of anilines is 1. The van der Waals surface area contributed by atoms with Crippen LogP contribution >= 0.6 is 11.3 Å². The molecule has 0 saturated carbocycles. The zero-order chi connectivity index (χ0) is 29.6. The minimum atomic E-state index is -4.95. The van der Waals surface area contributed by atoms with Crippen molar-refractivity contribution in [2.24, 2.45) is 0 Å². The van der Waals surface area contributed by atoms with Crippen molar-refractivity contribution in [3.05, 3.63) is 76.6 Å². The van der Waals surface area contributed by atoms with Crippen molar-refractivity contribution < 1.29 is 36.3 Å². The number of carbonyl (C=O) groups excluding carboxylic acids is 2. The summed E-state index contributed by atoms with van der Waals surface area (Å²) in [6.45, 7) is -0.544. The number of ether oxygens (including phenoxy) is 1. The molecule has 17 heteroatoms. The van der Waals surface area contributed by atoms with E-state index >= 15 is 0 Å². The first-order chi connectivity index (χ1) is 19.5. The number of rotatable bonds is 11. The van der Waals surface area contributed by atoms with Crippen LogP contribution in [0.2, 0.25) is 0 Å². The van der Waals surface area contributed by atoms with Gasteiger partial charge in [0.25, 0.3) is 11.8 Å². The van der Waals surface area contributed by atoms with Crippen LogP contribution in [0.4, 0.5) is 27.1 Å². The second-order valence-corrected chi connectivity index (χ2v) is 9.68. The van der Waals surface area contributed by atoms with Gasteiger partial charge in [0, 0.05) is 38.0 Å². The molecule has 41 heavy (non-hydrogen) atoms. The van der Waals surface area contributed by atoms with Crippen LogP contribution in [0.3, 0.4) is 0 Å². The van der Waals surface area contributed by atoms with Gasteiger partial charge in [-0.3, -0.25) is 29.9 Å². The predicted molar refractivity (Wildman–Crippen MR) is 136 cm³/mol. The normalized spacial score (nSPS) is 14.0. The van der Waals surface area contributed by atoms with Crippen LogP contribution in [0.1, 0.15) is 27.5 Å². The van der Waals surface area contributed by atoms with Crippen LogP contribution in [0, 0.1) is 5.82 Å². The first-order valence-corrected chi connectivity index (χ1v) is 12.8. The van der Waals surface area contributed by atoms with Gasteiger partial charge in [0.05, 0.1) is 6.54 Å². The molecule has 0 radical (unpaired) electrons. The summed E-state index contributed by atoms with van der Waals surface area (Å²) >= 11 is 1.11. The SMILES string of the molecule is CN1NN(CC(F)CCc2nnc(NC(=O)c3ccccn3)s2)C=C1C(=O)NCc1cc(OC(F)(F)F)ccc1F. The van der Waals surface area contributed by atoms with Crippen LogP contribution in [0.15, 0.2) is 54.5 Å². The molecule has 3 N–H and O–H groups in total. The van der Waals surface area contributed by atoms with E-state index in [1.165, 1.54) is 29.5 Å². The highest BCUT2D eigenvalue weighted by atomic mass is 32.1. The van der Waals surface area contributed by atoms with Gasteiger partial charge in [-0.2, -0.15) is 0 Å². The number of halogens is 5. The van der Waals surface area contributed by atoms with Gasteiger partial charge in [-0.15, -0.1) is 28.9 Å². The molecule has 1 aliphatic heterocycles.